The molecule has 0 saturated carbocycles. The summed E-state index contributed by atoms with van der Waals surface area (Å²) in [5.74, 6) is 1.68. The van der Waals surface area contributed by atoms with Crippen molar-refractivity contribution in [3.8, 4) is 5.75 Å². The summed E-state index contributed by atoms with van der Waals surface area (Å²) in [4.78, 5) is 6.42. The number of likely N-dealkylation sites (N-methyl/N-ethyl adjacent to an activating group) is 1. The van der Waals surface area contributed by atoms with Gasteiger partial charge in [0.15, 0.2) is 0 Å². The zero-order chi connectivity index (χ0) is 15.2. The molecule has 0 aliphatic heterocycles. The summed E-state index contributed by atoms with van der Waals surface area (Å²) in [6, 6.07) is 12.1. The average molecular weight is 286 g/mol. The highest BCUT2D eigenvalue weighted by Gasteiger charge is 2.14. The lowest BCUT2D eigenvalue weighted by molar-refractivity contribution is 0.310. The van der Waals surface area contributed by atoms with Crippen molar-refractivity contribution in [1.82, 2.24) is 9.88 Å². The molecule has 2 rings (SSSR count). The van der Waals surface area contributed by atoms with Gasteiger partial charge in [-0.2, -0.15) is 0 Å². The number of hydrogen-bond acceptors (Lipinski definition) is 5. The second-order valence-electron chi connectivity index (χ2n) is 5.11. The number of nitrogen functional groups attached to an aromatic ring is 1. The Morgan fingerprint density at radius 3 is 2.71 bits per heavy atom. The second-order valence-corrected chi connectivity index (χ2v) is 5.11. The molecule has 112 valence electrons. The zero-order valence-corrected chi connectivity index (χ0v) is 12.7. The molecule has 1 aromatic carbocycles. The molecule has 21 heavy (non-hydrogen) atoms. The third-order valence-corrected chi connectivity index (χ3v) is 3.36. The lowest BCUT2D eigenvalue weighted by Gasteiger charge is -2.25. The molecule has 1 atom stereocenters. The van der Waals surface area contributed by atoms with E-state index in [1.165, 1.54) is 5.56 Å². The first kappa shape index (κ1) is 15.1. The summed E-state index contributed by atoms with van der Waals surface area (Å²) >= 11 is 0. The number of anilines is 2. The van der Waals surface area contributed by atoms with Gasteiger partial charge in [-0.1, -0.05) is 12.1 Å². The minimum Gasteiger partial charge on any atom is -0.497 e. The van der Waals surface area contributed by atoms with Gasteiger partial charge in [0.05, 0.1) is 25.0 Å². The van der Waals surface area contributed by atoms with Crippen molar-refractivity contribution in [2.24, 2.45) is 0 Å². The van der Waals surface area contributed by atoms with E-state index in [1.54, 1.807) is 13.3 Å². The normalized spacial score (nSPS) is 12.2. The zero-order valence-electron chi connectivity index (χ0n) is 12.7. The predicted octanol–water partition coefficient (Wildman–Crippen LogP) is 2.39. The number of aromatic nitrogens is 1. The number of nitrogens with two attached hydrogens (primary N) is 1. The van der Waals surface area contributed by atoms with Gasteiger partial charge in [-0.05, 0) is 43.9 Å². The van der Waals surface area contributed by atoms with Crippen molar-refractivity contribution in [3.05, 3.63) is 48.2 Å². The fourth-order valence-electron chi connectivity index (χ4n) is 2.16. The molecular weight excluding hydrogens is 264 g/mol. The standard InChI is InChI=1S/C16H22N4O/c1-20(2)15(12-5-4-6-14(9-12)21-3)11-19-16-8-7-13(17)10-18-16/h4-10,15H,11,17H2,1-3H3,(H,18,19). The average Bonchev–Trinajstić information content (AvgIpc) is 2.49. The van der Waals surface area contributed by atoms with E-state index in [0.717, 1.165) is 18.1 Å². The molecule has 0 spiro atoms. The molecule has 0 radical (unpaired) electrons. The molecule has 0 bridgehead atoms. The van der Waals surface area contributed by atoms with E-state index in [0.29, 0.717) is 5.69 Å². The Morgan fingerprint density at radius 2 is 2.10 bits per heavy atom. The topological polar surface area (TPSA) is 63.4 Å². The van der Waals surface area contributed by atoms with Gasteiger partial charge >= 0.3 is 0 Å². The molecule has 1 aromatic heterocycles. The molecule has 0 aliphatic rings. The number of nitrogens with one attached hydrogen (secondary N) is 1. The Labute approximate surface area is 125 Å². The maximum Gasteiger partial charge on any atom is 0.126 e. The number of ether oxygens (including phenoxy) is 1. The van der Waals surface area contributed by atoms with Crippen LogP contribution in [0.15, 0.2) is 42.6 Å². The van der Waals surface area contributed by atoms with Crippen LogP contribution < -0.4 is 15.8 Å². The quantitative estimate of drug-likeness (QED) is 0.853. The monoisotopic (exact) mass is 286 g/mol. The van der Waals surface area contributed by atoms with Gasteiger partial charge in [-0.15, -0.1) is 0 Å². The molecule has 2 aromatic rings. The lowest BCUT2D eigenvalue weighted by Crippen LogP contribution is -2.27. The Morgan fingerprint density at radius 1 is 1.29 bits per heavy atom. The minimum absolute atomic E-state index is 0.222. The van der Waals surface area contributed by atoms with Crippen LogP contribution in [0.3, 0.4) is 0 Å². The lowest BCUT2D eigenvalue weighted by atomic mass is 10.1. The molecular formula is C16H22N4O. The molecule has 0 amide bonds. The Balaban J connectivity index is 2.10. The molecule has 0 aliphatic carbocycles. The maximum atomic E-state index is 5.64. The molecule has 1 heterocycles. The summed E-state index contributed by atoms with van der Waals surface area (Å²) in [5, 5.41) is 3.34. The van der Waals surface area contributed by atoms with E-state index < -0.39 is 0 Å². The second kappa shape index (κ2) is 6.95. The van der Waals surface area contributed by atoms with Crippen LogP contribution in [-0.2, 0) is 0 Å². The molecule has 1 unspecified atom stereocenters. The van der Waals surface area contributed by atoms with E-state index in [4.69, 9.17) is 10.5 Å². The van der Waals surface area contributed by atoms with Crippen LogP contribution in [0.2, 0.25) is 0 Å². The smallest absolute Gasteiger partial charge is 0.126 e. The van der Waals surface area contributed by atoms with Crippen molar-refractivity contribution in [2.45, 2.75) is 6.04 Å². The summed E-state index contributed by atoms with van der Waals surface area (Å²) in [6.45, 7) is 0.747. The largest absolute Gasteiger partial charge is 0.497 e. The molecule has 5 nitrogen and oxygen atoms in total. The Kier molecular flexibility index (Phi) is 5.00. The van der Waals surface area contributed by atoms with Crippen LogP contribution in [0.1, 0.15) is 11.6 Å². The van der Waals surface area contributed by atoms with E-state index in [9.17, 15) is 0 Å². The van der Waals surface area contributed by atoms with Gasteiger partial charge in [0.25, 0.3) is 0 Å². The Hall–Kier alpha value is -2.27. The highest BCUT2D eigenvalue weighted by molar-refractivity contribution is 5.44. The number of hydrogen-bond donors (Lipinski definition) is 2. The van der Waals surface area contributed by atoms with Gasteiger partial charge < -0.3 is 20.7 Å². The van der Waals surface area contributed by atoms with Gasteiger partial charge in [0, 0.05) is 6.54 Å². The number of pyridine rings is 1. The van der Waals surface area contributed by atoms with Gasteiger partial charge in [-0.25, -0.2) is 4.98 Å². The van der Waals surface area contributed by atoms with E-state index >= 15 is 0 Å². The van der Waals surface area contributed by atoms with Crippen LogP contribution >= 0.6 is 0 Å². The van der Waals surface area contributed by atoms with E-state index in [2.05, 4.69) is 41.4 Å². The van der Waals surface area contributed by atoms with Crippen LogP contribution in [0, 0.1) is 0 Å². The summed E-state index contributed by atoms with van der Waals surface area (Å²) in [6.07, 6.45) is 1.65. The number of nitrogens with zero attached hydrogens (tertiary/aromatic N) is 2. The van der Waals surface area contributed by atoms with Crippen molar-refractivity contribution in [3.63, 3.8) is 0 Å². The van der Waals surface area contributed by atoms with Crippen molar-refractivity contribution >= 4 is 11.5 Å². The van der Waals surface area contributed by atoms with Gasteiger partial charge in [0.1, 0.15) is 11.6 Å². The third-order valence-electron chi connectivity index (χ3n) is 3.36. The minimum atomic E-state index is 0.222. The van der Waals surface area contributed by atoms with Crippen LogP contribution in [-0.4, -0.2) is 37.6 Å². The van der Waals surface area contributed by atoms with Gasteiger partial charge in [0.2, 0.25) is 0 Å². The fraction of sp³-hybridized carbons (Fsp3) is 0.312. The molecule has 0 saturated heterocycles. The first-order chi connectivity index (χ1) is 10.1. The van der Waals surface area contributed by atoms with Crippen LogP contribution in [0.4, 0.5) is 11.5 Å². The first-order valence-corrected chi connectivity index (χ1v) is 6.86. The van der Waals surface area contributed by atoms with Crippen molar-refractivity contribution in [1.29, 1.82) is 0 Å². The molecule has 3 N–H and O–H groups in total. The third kappa shape index (κ3) is 4.10. The van der Waals surface area contributed by atoms with Crippen molar-refractivity contribution in [2.75, 3.05) is 38.8 Å². The SMILES string of the molecule is COc1cccc(C(CNc2ccc(N)cn2)N(C)C)c1. The summed E-state index contributed by atoms with van der Waals surface area (Å²) in [7, 11) is 5.80. The highest BCUT2D eigenvalue weighted by Crippen LogP contribution is 2.23. The van der Waals surface area contributed by atoms with E-state index in [1.807, 2.05) is 24.3 Å². The number of rotatable bonds is 6. The summed E-state index contributed by atoms with van der Waals surface area (Å²) < 4.78 is 5.30. The maximum absolute atomic E-state index is 5.64. The van der Waals surface area contributed by atoms with Crippen LogP contribution in [0.5, 0.6) is 5.75 Å². The predicted molar refractivity (Wildman–Crippen MR) is 86.6 cm³/mol. The highest BCUT2D eigenvalue weighted by atomic mass is 16.5. The number of benzene rings is 1. The molecule has 0 fully saturated rings. The van der Waals surface area contributed by atoms with Gasteiger partial charge in [-0.3, -0.25) is 0 Å². The fourth-order valence-corrected chi connectivity index (χ4v) is 2.16. The summed E-state index contributed by atoms with van der Waals surface area (Å²) in [5.41, 5.74) is 7.50. The number of methoxy groups -OCH3 is 1. The Bertz CT molecular complexity index is 569. The van der Waals surface area contributed by atoms with Crippen molar-refractivity contribution < 1.29 is 4.74 Å². The molecule has 5 heteroatoms. The first-order valence-electron chi connectivity index (χ1n) is 6.86. The van der Waals surface area contributed by atoms with E-state index in [-0.39, 0.29) is 6.04 Å². The van der Waals surface area contributed by atoms with Crippen LogP contribution in [0.25, 0.3) is 0 Å².